The largest absolute Gasteiger partial charge is 0.356 e. The van der Waals surface area contributed by atoms with Crippen LogP contribution in [-0.4, -0.2) is 0 Å². The van der Waals surface area contributed by atoms with Crippen LogP contribution < -0.4 is 0 Å². The summed E-state index contributed by atoms with van der Waals surface area (Å²) in [4.78, 5) is 0. The molecule has 0 N–H and O–H groups in total. The van der Waals surface area contributed by atoms with Crippen molar-refractivity contribution >= 4 is 0 Å². The molecular weight excluding hydrogens is 424 g/mol. The zero-order valence-corrected chi connectivity index (χ0v) is 22.5. The Bertz CT molecular complexity index is 1180. The minimum Gasteiger partial charge on any atom is -0.356 e. The molecule has 1 heteroatoms. The van der Waals surface area contributed by atoms with Gasteiger partial charge in [0.15, 0.2) is 0 Å². The smallest absolute Gasteiger partial charge is 0.109 e. The second kappa shape index (κ2) is 10.2. The van der Waals surface area contributed by atoms with Gasteiger partial charge in [0.25, 0.3) is 0 Å². The number of rotatable bonds is 6. The summed E-state index contributed by atoms with van der Waals surface area (Å²) in [6.45, 7) is 17.8. The zero-order chi connectivity index (χ0) is 25.3. The molecular formula is C34H38O. The molecule has 0 fully saturated rings. The Kier molecular flexibility index (Phi) is 7.28. The van der Waals surface area contributed by atoms with Crippen molar-refractivity contribution in [3.05, 3.63) is 140 Å². The molecule has 0 spiro atoms. The van der Waals surface area contributed by atoms with Crippen molar-refractivity contribution in [2.45, 2.75) is 67.6 Å². The highest BCUT2D eigenvalue weighted by atomic mass is 16.5. The average molecular weight is 463 g/mol. The fraction of sp³-hybridized carbons (Fsp3) is 0.294. The molecule has 0 heterocycles. The van der Waals surface area contributed by atoms with Gasteiger partial charge in [0.2, 0.25) is 0 Å². The maximum Gasteiger partial charge on any atom is 0.109 e. The highest BCUT2D eigenvalue weighted by Gasteiger charge is 2.29. The monoisotopic (exact) mass is 462 g/mol. The molecule has 0 saturated heterocycles. The maximum absolute atomic E-state index is 7.34. The summed E-state index contributed by atoms with van der Waals surface area (Å²) >= 11 is 0. The van der Waals surface area contributed by atoms with E-state index in [2.05, 4.69) is 128 Å². The van der Waals surface area contributed by atoms with Crippen LogP contribution in [0, 0.1) is 55.4 Å². The lowest BCUT2D eigenvalue weighted by Crippen LogP contribution is -2.18. The summed E-state index contributed by atoms with van der Waals surface area (Å²) in [5, 5.41) is 0. The van der Waals surface area contributed by atoms with E-state index >= 15 is 0 Å². The van der Waals surface area contributed by atoms with E-state index < -0.39 is 0 Å². The third-order valence-electron chi connectivity index (χ3n) is 7.85. The van der Waals surface area contributed by atoms with Crippen molar-refractivity contribution in [2.75, 3.05) is 0 Å². The van der Waals surface area contributed by atoms with Crippen LogP contribution in [0.15, 0.2) is 72.8 Å². The molecule has 35 heavy (non-hydrogen) atoms. The SMILES string of the molecule is Cc1cc(C)c(C)c(C(OC(c2ccccc2)c2c(C)c(C)cc(C)c2C)c2ccccc2)c1C. The predicted octanol–water partition coefficient (Wildman–Crippen LogP) is 9.05. The van der Waals surface area contributed by atoms with E-state index in [1.807, 2.05) is 0 Å². The van der Waals surface area contributed by atoms with Crippen LogP contribution in [0.1, 0.15) is 79.0 Å². The molecule has 0 bridgehead atoms. The number of ether oxygens (including phenoxy) is 1. The Morgan fingerprint density at radius 1 is 0.429 bits per heavy atom. The van der Waals surface area contributed by atoms with Gasteiger partial charge in [0.05, 0.1) is 0 Å². The standard InChI is InChI=1S/C34H38O/c1-21-19-22(2)26(6)31(25(21)5)33(29-15-11-9-12-16-29)35-34(30-17-13-10-14-18-30)32-27(7)23(3)20-24(4)28(32)8/h9-20,33-34H,1-8H3. The summed E-state index contributed by atoms with van der Waals surface area (Å²) in [7, 11) is 0. The third kappa shape index (κ3) is 4.83. The van der Waals surface area contributed by atoms with Crippen LogP contribution in [0.5, 0.6) is 0 Å². The quantitative estimate of drug-likeness (QED) is 0.278. The van der Waals surface area contributed by atoms with E-state index in [0.717, 1.165) is 0 Å². The number of benzene rings is 4. The second-order valence-corrected chi connectivity index (χ2v) is 10.1. The second-order valence-electron chi connectivity index (χ2n) is 10.1. The Morgan fingerprint density at radius 3 is 1.00 bits per heavy atom. The van der Waals surface area contributed by atoms with E-state index in [1.54, 1.807) is 0 Å². The summed E-state index contributed by atoms with van der Waals surface area (Å²) in [5.74, 6) is 0. The van der Waals surface area contributed by atoms with Crippen LogP contribution in [0.4, 0.5) is 0 Å². The molecule has 0 radical (unpaired) electrons. The first kappa shape index (κ1) is 24.9. The molecule has 0 aliphatic carbocycles. The fourth-order valence-electron chi connectivity index (χ4n) is 5.30. The predicted molar refractivity (Wildman–Crippen MR) is 148 cm³/mol. The molecule has 0 amide bonds. The topological polar surface area (TPSA) is 9.23 Å². The molecule has 0 aliphatic rings. The van der Waals surface area contributed by atoms with Crippen LogP contribution in [0.3, 0.4) is 0 Å². The van der Waals surface area contributed by atoms with Gasteiger partial charge in [-0.3, -0.25) is 0 Å². The fourth-order valence-corrected chi connectivity index (χ4v) is 5.30. The average Bonchev–Trinajstić information content (AvgIpc) is 2.86. The molecule has 0 saturated carbocycles. The number of aryl methyl sites for hydroxylation is 4. The first-order valence-corrected chi connectivity index (χ1v) is 12.6. The Morgan fingerprint density at radius 2 is 0.714 bits per heavy atom. The highest BCUT2D eigenvalue weighted by Crippen LogP contribution is 2.42. The summed E-state index contributed by atoms with van der Waals surface area (Å²) < 4.78 is 7.34. The zero-order valence-electron chi connectivity index (χ0n) is 22.5. The van der Waals surface area contributed by atoms with Crippen molar-refractivity contribution in [3.8, 4) is 0 Å². The lowest BCUT2D eigenvalue weighted by Gasteiger charge is -2.32. The van der Waals surface area contributed by atoms with Gasteiger partial charge in [-0.05, 0) is 122 Å². The molecule has 0 aliphatic heterocycles. The van der Waals surface area contributed by atoms with Crippen LogP contribution in [0.25, 0.3) is 0 Å². The van der Waals surface area contributed by atoms with Crippen molar-refractivity contribution in [2.24, 2.45) is 0 Å². The van der Waals surface area contributed by atoms with E-state index in [9.17, 15) is 0 Å². The highest BCUT2D eigenvalue weighted by molar-refractivity contribution is 5.51. The molecule has 1 nitrogen and oxygen atoms in total. The van der Waals surface area contributed by atoms with Crippen molar-refractivity contribution in [1.82, 2.24) is 0 Å². The van der Waals surface area contributed by atoms with Gasteiger partial charge < -0.3 is 4.74 Å². The summed E-state index contributed by atoms with van der Waals surface area (Å²) in [5.41, 5.74) is 15.4. The molecule has 4 aromatic rings. The van der Waals surface area contributed by atoms with Crippen molar-refractivity contribution < 1.29 is 4.74 Å². The van der Waals surface area contributed by atoms with Gasteiger partial charge in [0, 0.05) is 0 Å². The van der Waals surface area contributed by atoms with E-state index in [0.29, 0.717) is 0 Å². The molecule has 2 atom stereocenters. The van der Waals surface area contributed by atoms with Crippen LogP contribution in [-0.2, 0) is 4.74 Å². The molecule has 180 valence electrons. The lowest BCUT2D eigenvalue weighted by molar-refractivity contribution is 0.0294. The maximum atomic E-state index is 7.34. The molecule has 0 aromatic heterocycles. The van der Waals surface area contributed by atoms with E-state index in [-0.39, 0.29) is 12.2 Å². The van der Waals surface area contributed by atoms with Gasteiger partial charge in [-0.15, -0.1) is 0 Å². The third-order valence-corrected chi connectivity index (χ3v) is 7.85. The van der Waals surface area contributed by atoms with Gasteiger partial charge in [-0.2, -0.15) is 0 Å². The minimum absolute atomic E-state index is 0.181. The van der Waals surface area contributed by atoms with E-state index in [4.69, 9.17) is 4.74 Å². The molecule has 4 rings (SSSR count). The van der Waals surface area contributed by atoms with Crippen molar-refractivity contribution in [3.63, 3.8) is 0 Å². The lowest BCUT2D eigenvalue weighted by atomic mass is 9.86. The number of hydrogen-bond acceptors (Lipinski definition) is 1. The van der Waals surface area contributed by atoms with Gasteiger partial charge in [0.1, 0.15) is 12.2 Å². The first-order chi connectivity index (χ1) is 16.7. The summed E-state index contributed by atoms with van der Waals surface area (Å²) in [6.07, 6.45) is -0.362. The Labute approximate surface area is 211 Å². The van der Waals surface area contributed by atoms with Gasteiger partial charge in [-0.25, -0.2) is 0 Å². The Balaban J connectivity index is 1.99. The first-order valence-electron chi connectivity index (χ1n) is 12.6. The van der Waals surface area contributed by atoms with Crippen molar-refractivity contribution in [1.29, 1.82) is 0 Å². The minimum atomic E-state index is -0.181. The van der Waals surface area contributed by atoms with E-state index in [1.165, 1.54) is 66.8 Å². The van der Waals surface area contributed by atoms with Crippen LogP contribution >= 0.6 is 0 Å². The summed E-state index contributed by atoms with van der Waals surface area (Å²) in [6, 6.07) is 26.0. The molecule has 2 unspecified atom stereocenters. The molecule has 4 aromatic carbocycles. The van der Waals surface area contributed by atoms with Gasteiger partial charge >= 0.3 is 0 Å². The normalized spacial score (nSPS) is 13.0. The number of hydrogen-bond donors (Lipinski definition) is 0. The Hall–Kier alpha value is -3.16. The van der Waals surface area contributed by atoms with Gasteiger partial charge in [-0.1, -0.05) is 72.8 Å². The van der Waals surface area contributed by atoms with Crippen LogP contribution in [0.2, 0.25) is 0 Å².